The first-order valence-electron chi connectivity index (χ1n) is 7.47. The van der Waals surface area contributed by atoms with E-state index in [4.69, 9.17) is 5.11 Å². The number of piperidine rings is 1. The van der Waals surface area contributed by atoms with E-state index in [-0.39, 0.29) is 6.61 Å². The second kappa shape index (κ2) is 7.51. The summed E-state index contributed by atoms with van der Waals surface area (Å²) in [5, 5.41) is 12.5. The summed E-state index contributed by atoms with van der Waals surface area (Å²) in [4.78, 5) is 2.49. The fourth-order valence-electron chi connectivity index (χ4n) is 2.88. The van der Waals surface area contributed by atoms with E-state index >= 15 is 0 Å². The van der Waals surface area contributed by atoms with Crippen LogP contribution >= 0.6 is 0 Å². The van der Waals surface area contributed by atoms with Crippen molar-refractivity contribution in [1.82, 2.24) is 5.32 Å². The number of nitrogens with one attached hydrogen (secondary N) is 1. The number of benzene rings is 1. The van der Waals surface area contributed by atoms with E-state index in [2.05, 4.69) is 47.5 Å². The van der Waals surface area contributed by atoms with Gasteiger partial charge in [-0.3, -0.25) is 0 Å². The number of rotatable bonds is 6. The Hall–Kier alpha value is -1.06. The third-order valence-electron chi connectivity index (χ3n) is 4.00. The van der Waals surface area contributed by atoms with Gasteiger partial charge < -0.3 is 15.3 Å². The highest BCUT2D eigenvalue weighted by molar-refractivity contribution is 5.46. The quantitative estimate of drug-likeness (QED) is 0.772. The predicted molar refractivity (Wildman–Crippen MR) is 80.5 cm³/mol. The van der Waals surface area contributed by atoms with Gasteiger partial charge in [-0.05, 0) is 37.4 Å². The van der Waals surface area contributed by atoms with E-state index in [1.54, 1.807) is 0 Å². The van der Waals surface area contributed by atoms with Gasteiger partial charge in [-0.2, -0.15) is 0 Å². The zero-order chi connectivity index (χ0) is 13.5. The molecule has 0 bridgehead atoms. The highest BCUT2D eigenvalue weighted by Crippen LogP contribution is 2.24. The summed E-state index contributed by atoms with van der Waals surface area (Å²) in [7, 11) is 0. The molecule has 3 nitrogen and oxygen atoms in total. The maximum atomic E-state index is 8.87. The van der Waals surface area contributed by atoms with Crippen LogP contribution in [0.25, 0.3) is 0 Å². The van der Waals surface area contributed by atoms with Gasteiger partial charge >= 0.3 is 0 Å². The van der Waals surface area contributed by atoms with E-state index in [0.717, 1.165) is 25.4 Å². The second-order valence-electron chi connectivity index (χ2n) is 5.48. The van der Waals surface area contributed by atoms with Crippen LogP contribution in [0, 0.1) is 5.92 Å². The van der Waals surface area contributed by atoms with E-state index < -0.39 is 0 Å². The molecule has 0 radical (unpaired) electrons. The Bertz CT molecular complexity index is 355. The maximum absolute atomic E-state index is 8.87. The van der Waals surface area contributed by atoms with Gasteiger partial charge in [-0.15, -0.1) is 0 Å². The molecular formula is C16H26N2O. The molecule has 1 fully saturated rings. The van der Waals surface area contributed by atoms with E-state index in [1.807, 2.05) is 0 Å². The summed E-state index contributed by atoms with van der Waals surface area (Å²) in [5.41, 5.74) is 1.33. The Labute approximate surface area is 116 Å². The van der Waals surface area contributed by atoms with Crippen LogP contribution < -0.4 is 10.2 Å². The molecule has 3 heteroatoms. The molecule has 1 aromatic carbocycles. The van der Waals surface area contributed by atoms with Gasteiger partial charge in [0.25, 0.3) is 0 Å². The van der Waals surface area contributed by atoms with Crippen molar-refractivity contribution in [3.05, 3.63) is 30.3 Å². The Morgan fingerprint density at radius 1 is 1.26 bits per heavy atom. The third kappa shape index (κ3) is 4.22. The van der Waals surface area contributed by atoms with Gasteiger partial charge in [0.05, 0.1) is 0 Å². The molecule has 0 spiro atoms. The summed E-state index contributed by atoms with van der Waals surface area (Å²) >= 11 is 0. The molecule has 2 unspecified atom stereocenters. The van der Waals surface area contributed by atoms with Crippen LogP contribution in [0.1, 0.15) is 26.2 Å². The number of aliphatic hydroxyl groups is 1. The molecule has 1 aromatic rings. The average Bonchev–Trinajstić information content (AvgIpc) is 2.48. The molecule has 2 atom stereocenters. The lowest BCUT2D eigenvalue weighted by molar-refractivity contribution is 0.273. The second-order valence-corrected chi connectivity index (χ2v) is 5.48. The minimum atomic E-state index is 0.277. The van der Waals surface area contributed by atoms with Crippen molar-refractivity contribution in [2.24, 2.45) is 5.92 Å². The zero-order valence-electron chi connectivity index (χ0n) is 11.9. The standard InChI is InChI=1S/C16H26N2O/c1-2-14-11-15(17-9-6-10-19)13-18(12-14)16-7-4-3-5-8-16/h3-5,7-8,14-15,17,19H,2,6,9-13H2,1H3. The summed E-state index contributed by atoms with van der Waals surface area (Å²) < 4.78 is 0. The lowest BCUT2D eigenvalue weighted by atomic mass is 9.91. The monoisotopic (exact) mass is 262 g/mol. The normalized spacial score (nSPS) is 23.6. The SMILES string of the molecule is CCC1CC(NCCCO)CN(c2ccccc2)C1. The topological polar surface area (TPSA) is 35.5 Å². The number of hydrogen-bond acceptors (Lipinski definition) is 3. The van der Waals surface area contributed by atoms with Crippen LogP contribution in [-0.4, -0.2) is 37.4 Å². The molecule has 106 valence electrons. The van der Waals surface area contributed by atoms with Crippen molar-refractivity contribution in [3.63, 3.8) is 0 Å². The number of anilines is 1. The fraction of sp³-hybridized carbons (Fsp3) is 0.625. The highest BCUT2D eigenvalue weighted by atomic mass is 16.3. The van der Waals surface area contributed by atoms with Gasteiger partial charge in [0.1, 0.15) is 0 Å². The van der Waals surface area contributed by atoms with Crippen LogP contribution in [0.2, 0.25) is 0 Å². The van der Waals surface area contributed by atoms with Crippen LogP contribution in [0.4, 0.5) is 5.69 Å². The van der Waals surface area contributed by atoms with Crippen molar-refractivity contribution in [1.29, 1.82) is 0 Å². The number of aliphatic hydroxyl groups excluding tert-OH is 1. The molecule has 0 aliphatic carbocycles. The molecule has 19 heavy (non-hydrogen) atoms. The molecule has 1 heterocycles. The van der Waals surface area contributed by atoms with E-state index in [9.17, 15) is 0 Å². The van der Waals surface area contributed by atoms with Gasteiger partial charge in [0, 0.05) is 31.4 Å². The Morgan fingerprint density at radius 2 is 2.05 bits per heavy atom. The Balaban J connectivity index is 1.96. The molecule has 1 aliphatic heterocycles. The highest BCUT2D eigenvalue weighted by Gasteiger charge is 2.25. The minimum Gasteiger partial charge on any atom is -0.396 e. The van der Waals surface area contributed by atoms with E-state index in [1.165, 1.54) is 25.1 Å². The van der Waals surface area contributed by atoms with E-state index in [0.29, 0.717) is 6.04 Å². The largest absolute Gasteiger partial charge is 0.396 e. The van der Waals surface area contributed by atoms with Gasteiger partial charge in [-0.1, -0.05) is 31.5 Å². The smallest absolute Gasteiger partial charge is 0.0443 e. The van der Waals surface area contributed by atoms with Crippen molar-refractivity contribution in [2.45, 2.75) is 32.2 Å². The van der Waals surface area contributed by atoms with Gasteiger partial charge in [-0.25, -0.2) is 0 Å². The summed E-state index contributed by atoms with van der Waals surface area (Å²) in [5.74, 6) is 0.764. The molecule has 0 saturated carbocycles. The average molecular weight is 262 g/mol. The molecule has 2 rings (SSSR count). The van der Waals surface area contributed by atoms with Gasteiger partial charge in [0.2, 0.25) is 0 Å². The lowest BCUT2D eigenvalue weighted by Gasteiger charge is -2.39. The van der Waals surface area contributed by atoms with Crippen molar-refractivity contribution < 1.29 is 5.11 Å². The number of para-hydroxylation sites is 1. The third-order valence-corrected chi connectivity index (χ3v) is 4.00. The molecular weight excluding hydrogens is 236 g/mol. The number of nitrogens with zero attached hydrogens (tertiary/aromatic N) is 1. The Kier molecular flexibility index (Phi) is 5.67. The lowest BCUT2D eigenvalue weighted by Crippen LogP contribution is -2.49. The zero-order valence-corrected chi connectivity index (χ0v) is 11.9. The number of hydrogen-bond donors (Lipinski definition) is 2. The first-order chi connectivity index (χ1) is 9.33. The first kappa shape index (κ1) is 14.4. The van der Waals surface area contributed by atoms with Crippen molar-refractivity contribution in [3.8, 4) is 0 Å². The first-order valence-corrected chi connectivity index (χ1v) is 7.47. The molecule has 1 saturated heterocycles. The maximum Gasteiger partial charge on any atom is 0.0443 e. The summed E-state index contributed by atoms with van der Waals surface area (Å²) in [6.07, 6.45) is 3.34. The Morgan fingerprint density at radius 3 is 2.74 bits per heavy atom. The van der Waals surface area contributed by atoms with Crippen LogP contribution in [0.3, 0.4) is 0 Å². The van der Waals surface area contributed by atoms with Gasteiger partial charge in [0.15, 0.2) is 0 Å². The summed E-state index contributed by atoms with van der Waals surface area (Å²) in [6.45, 7) is 5.72. The van der Waals surface area contributed by atoms with Crippen LogP contribution in [0.15, 0.2) is 30.3 Å². The molecule has 0 aromatic heterocycles. The molecule has 2 N–H and O–H groups in total. The molecule has 0 amide bonds. The van der Waals surface area contributed by atoms with Crippen LogP contribution in [-0.2, 0) is 0 Å². The van der Waals surface area contributed by atoms with Crippen LogP contribution in [0.5, 0.6) is 0 Å². The minimum absolute atomic E-state index is 0.277. The fourth-order valence-corrected chi connectivity index (χ4v) is 2.88. The summed E-state index contributed by atoms with van der Waals surface area (Å²) in [6, 6.07) is 11.2. The van der Waals surface area contributed by atoms with Crippen molar-refractivity contribution in [2.75, 3.05) is 31.1 Å². The predicted octanol–water partition coefficient (Wildman–Crippen LogP) is 2.26. The van der Waals surface area contributed by atoms with Crippen molar-refractivity contribution >= 4 is 5.69 Å². The molecule has 1 aliphatic rings.